The highest BCUT2D eigenvalue weighted by atomic mass is 16.2. The Balaban J connectivity index is 1.31. The van der Waals surface area contributed by atoms with Gasteiger partial charge in [0.05, 0.1) is 0 Å². The highest BCUT2D eigenvalue weighted by molar-refractivity contribution is 6.27. The Kier molecular flexibility index (Phi) is 7.27. The molecule has 4 N–H and O–H groups in total. The van der Waals surface area contributed by atoms with Gasteiger partial charge in [0.1, 0.15) is 22.8 Å². The van der Waals surface area contributed by atoms with Crippen LogP contribution in [0.3, 0.4) is 0 Å². The van der Waals surface area contributed by atoms with Crippen molar-refractivity contribution < 1.29 is 38.4 Å². The molecule has 0 saturated heterocycles. The molecule has 14 heteroatoms. The summed E-state index contributed by atoms with van der Waals surface area (Å²) in [7, 11) is 0. The van der Waals surface area contributed by atoms with Gasteiger partial charge < -0.3 is 0 Å². The van der Waals surface area contributed by atoms with Gasteiger partial charge in [-0.15, -0.1) is 0 Å². The summed E-state index contributed by atoms with van der Waals surface area (Å²) in [5.74, 6) is -5.21. The van der Waals surface area contributed by atoms with E-state index in [1.807, 2.05) is 0 Å². The predicted octanol–water partition coefficient (Wildman–Crippen LogP) is 0.612. The zero-order valence-electron chi connectivity index (χ0n) is 25.5. The molecule has 0 fully saturated rings. The van der Waals surface area contributed by atoms with Crippen molar-refractivity contribution in [1.82, 2.24) is 21.3 Å². The standard InChI is InChI=1S/C33H26N6O8/c1-14-22(30(44)34-26(14)40)38(23-15(2)27(41)35-31(23)45)20-9-5-18(6-10-20)13-19-7-11-21(12-8-19)39(24-16(3)28(42)36-32(24)46)25-17(4)29(43)37-33(25)47/h5-12H,13H2,1-4H3,(H,34,40,44)(H,35,41,45)(H,36,42,46)(H,37,43,47). The summed E-state index contributed by atoms with van der Waals surface area (Å²) in [4.78, 5) is 103. The second-order valence-corrected chi connectivity index (χ2v) is 11.2. The second kappa shape index (κ2) is 11.2. The highest BCUT2D eigenvalue weighted by Gasteiger charge is 2.41. The van der Waals surface area contributed by atoms with Crippen molar-refractivity contribution in [2.75, 3.05) is 9.80 Å². The zero-order chi connectivity index (χ0) is 33.9. The Labute approximate surface area is 266 Å². The molecule has 0 aliphatic carbocycles. The summed E-state index contributed by atoms with van der Waals surface area (Å²) < 4.78 is 0. The molecule has 14 nitrogen and oxygen atoms in total. The molecule has 2 aromatic rings. The molecule has 0 radical (unpaired) electrons. The molecule has 0 unspecified atom stereocenters. The molecule has 236 valence electrons. The predicted molar refractivity (Wildman–Crippen MR) is 164 cm³/mol. The third-order valence-corrected chi connectivity index (χ3v) is 8.24. The smallest absolute Gasteiger partial charge is 0.275 e. The lowest BCUT2D eigenvalue weighted by atomic mass is 10.0. The van der Waals surface area contributed by atoms with Gasteiger partial charge in [0.2, 0.25) is 0 Å². The third-order valence-electron chi connectivity index (χ3n) is 8.24. The number of imide groups is 4. The molecule has 4 aliphatic rings. The Hall–Kier alpha value is -6.44. The summed E-state index contributed by atoms with van der Waals surface area (Å²) in [6, 6.07) is 13.7. The Morgan fingerprint density at radius 1 is 0.383 bits per heavy atom. The summed E-state index contributed by atoms with van der Waals surface area (Å²) in [5, 5.41) is 8.87. The molecule has 47 heavy (non-hydrogen) atoms. The first kappa shape index (κ1) is 30.6. The van der Waals surface area contributed by atoms with E-state index in [0.29, 0.717) is 17.8 Å². The number of nitrogens with one attached hydrogen (secondary N) is 4. The largest absolute Gasteiger partial charge is 0.300 e. The minimum atomic E-state index is -0.700. The number of hydrogen-bond acceptors (Lipinski definition) is 10. The second-order valence-electron chi connectivity index (χ2n) is 11.2. The molecule has 4 aliphatic heterocycles. The van der Waals surface area contributed by atoms with Crippen LogP contribution in [0.4, 0.5) is 11.4 Å². The third kappa shape index (κ3) is 5.01. The molecule has 0 spiro atoms. The van der Waals surface area contributed by atoms with Gasteiger partial charge in [-0.3, -0.25) is 69.4 Å². The lowest BCUT2D eigenvalue weighted by Crippen LogP contribution is -2.34. The van der Waals surface area contributed by atoms with Crippen molar-refractivity contribution in [1.29, 1.82) is 0 Å². The molecule has 4 heterocycles. The van der Waals surface area contributed by atoms with E-state index in [4.69, 9.17) is 0 Å². The van der Waals surface area contributed by atoms with E-state index in [-0.39, 0.29) is 45.1 Å². The van der Waals surface area contributed by atoms with E-state index in [2.05, 4.69) is 21.3 Å². The van der Waals surface area contributed by atoms with Gasteiger partial charge in [-0.25, -0.2) is 0 Å². The average molecular weight is 635 g/mol. The minimum Gasteiger partial charge on any atom is -0.300 e. The van der Waals surface area contributed by atoms with Crippen LogP contribution in [0, 0.1) is 0 Å². The number of nitrogens with zero attached hydrogens (tertiary/aromatic N) is 2. The van der Waals surface area contributed by atoms with E-state index in [1.54, 1.807) is 48.5 Å². The van der Waals surface area contributed by atoms with Crippen molar-refractivity contribution in [3.63, 3.8) is 0 Å². The quantitative estimate of drug-likeness (QED) is 0.299. The van der Waals surface area contributed by atoms with E-state index < -0.39 is 47.3 Å². The first-order valence-electron chi connectivity index (χ1n) is 14.3. The fourth-order valence-electron chi connectivity index (χ4n) is 5.71. The topological polar surface area (TPSA) is 191 Å². The Morgan fingerprint density at radius 2 is 0.617 bits per heavy atom. The van der Waals surface area contributed by atoms with Crippen LogP contribution in [0.5, 0.6) is 0 Å². The van der Waals surface area contributed by atoms with Crippen LogP contribution in [-0.2, 0) is 44.8 Å². The lowest BCUT2D eigenvalue weighted by Gasteiger charge is -2.26. The van der Waals surface area contributed by atoms with Crippen LogP contribution in [0.2, 0.25) is 0 Å². The summed E-state index contributed by atoms with van der Waals surface area (Å²) in [6.45, 7) is 5.82. The van der Waals surface area contributed by atoms with Crippen LogP contribution in [-0.4, -0.2) is 47.3 Å². The molecule has 0 saturated carbocycles. The number of amides is 8. The Morgan fingerprint density at radius 3 is 0.809 bits per heavy atom. The van der Waals surface area contributed by atoms with Crippen LogP contribution in [0.15, 0.2) is 93.6 Å². The van der Waals surface area contributed by atoms with Crippen LogP contribution in [0.1, 0.15) is 38.8 Å². The van der Waals surface area contributed by atoms with E-state index in [9.17, 15) is 38.4 Å². The fourth-order valence-corrected chi connectivity index (χ4v) is 5.71. The fraction of sp³-hybridized carbons (Fsp3) is 0.152. The van der Waals surface area contributed by atoms with Crippen LogP contribution in [0.25, 0.3) is 0 Å². The summed E-state index contributed by atoms with van der Waals surface area (Å²) >= 11 is 0. The Bertz CT molecular complexity index is 1790. The van der Waals surface area contributed by atoms with Gasteiger partial charge in [0.15, 0.2) is 0 Å². The molecular formula is C33H26N6O8. The molecule has 0 atom stereocenters. The average Bonchev–Trinajstić information content (AvgIpc) is 3.63. The number of carbonyl (C=O) groups excluding carboxylic acids is 8. The van der Waals surface area contributed by atoms with E-state index in [1.165, 1.54) is 37.5 Å². The number of benzene rings is 2. The van der Waals surface area contributed by atoms with Crippen LogP contribution < -0.4 is 31.1 Å². The van der Waals surface area contributed by atoms with Crippen molar-refractivity contribution in [3.8, 4) is 0 Å². The van der Waals surface area contributed by atoms with Crippen molar-refractivity contribution in [3.05, 3.63) is 105 Å². The SMILES string of the molecule is CC1=C(N(C2=C(C)C(=O)NC2=O)c2ccc(Cc3ccc(N(C4=C(C)C(=O)NC4=O)C4=C(C)C(=O)NC4=O)cc3)cc2)C(=O)NC1=O. The highest BCUT2D eigenvalue weighted by Crippen LogP contribution is 2.34. The first-order valence-corrected chi connectivity index (χ1v) is 14.3. The van der Waals surface area contributed by atoms with Gasteiger partial charge in [-0.1, -0.05) is 24.3 Å². The number of rotatable bonds is 8. The molecule has 0 bridgehead atoms. The van der Waals surface area contributed by atoms with Gasteiger partial charge >= 0.3 is 0 Å². The number of hydrogen-bond donors (Lipinski definition) is 4. The molecule has 6 rings (SSSR count). The molecule has 8 amide bonds. The van der Waals surface area contributed by atoms with E-state index in [0.717, 1.165) is 11.1 Å². The van der Waals surface area contributed by atoms with Crippen molar-refractivity contribution in [2.24, 2.45) is 0 Å². The lowest BCUT2D eigenvalue weighted by molar-refractivity contribution is -0.126. The van der Waals surface area contributed by atoms with Gasteiger partial charge in [0, 0.05) is 33.7 Å². The minimum absolute atomic E-state index is 0.0620. The maximum absolute atomic E-state index is 12.8. The van der Waals surface area contributed by atoms with Gasteiger partial charge in [-0.2, -0.15) is 0 Å². The van der Waals surface area contributed by atoms with Crippen LogP contribution >= 0.6 is 0 Å². The van der Waals surface area contributed by atoms with Crippen molar-refractivity contribution >= 4 is 58.6 Å². The van der Waals surface area contributed by atoms with E-state index >= 15 is 0 Å². The van der Waals surface area contributed by atoms with Crippen molar-refractivity contribution in [2.45, 2.75) is 34.1 Å². The van der Waals surface area contributed by atoms with Gasteiger partial charge in [-0.05, 0) is 69.5 Å². The maximum atomic E-state index is 12.8. The maximum Gasteiger partial charge on any atom is 0.275 e. The number of anilines is 2. The number of carbonyl (C=O) groups is 8. The molecular weight excluding hydrogens is 608 g/mol. The molecule has 2 aromatic carbocycles. The first-order chi connectivity index (χ1) is 22.3. The summed E-state index contributed by atoms with van der Waals surface area (Å²) in [5.41, 5.74) is 2.53. The monoisotopic (exact) mass is 634 g/mol. The molecule has 0 aromatic heterocycles. The normalized spacial score (nSPS) is 18.1. The summed E-state index contributed by atoms with van der Waals surface area (Å²) in [6.07, 6.45) is 0.420. The zero-order valence-corrected chi connectivity index (χ0v) is 25.5. The van der Waals surface area contributed by atoms with Gasteiger partial charge in [0.25, 0.3) is 47.3 Å².